The van der Waals surface area contributed by atoms with Gasteiger partial charge in [-0.2, -0.15) is 0 Å². The summed E-state index contributed by atoms with van der Waals surface area (Å²) in [5.41, 5.74) is 6.97. The SMILES string of the molecule is Cc1c(N(C)C)ccc(C2C=Cc3ccccc32)c1/C=N/O. The highest BCUT2D eigenvalue weighted by molar-refractivity contribution is 5.87. The molecule has 0 heterocycles. The Morgan fingerprint density at radius 1 is 1.09 bits per heavy atom. The van der Waals surface area contributed by atoms with Gasteiger partial charge >= 0.3 is 0 Å². The molecule has 112 valence electrons. The maximum atomic E-state index is 9.07. The Balaban J connectivity index is 2.16. The third kappa shape index (κ3) is 2.29. The summed E-state index contributed by atoms with van der Waals surface area (Å²) in [5.74, 6) is 0.208. The summed E-state index contributed by atoms with van der Waals surface area (Å²) in [6.45, 7) is 2.07. The molecule has 0 amide bonds. The van der Waals surface area contributed by atoms with Crippen LogP contribution in [0.4, 0.5) is 5.69 Å². The third-order valence-electron chi connectivity index (χ3n) is 4.32. The highest BCUT2D eigenvalue weighted by Crippen LogP contribution is 2.38. The average molecular weight is 292 g/mol. The molecule has 1 atom stereocenters. The van der Waals surface area contributed by atoms with Crippen molar-refractivity contribution in [1.82, 2.24) is 0 Å². The largest absolute Gasteiger partial charge is 0.411 e. The molecule has 1 aliphatic carbocycles. The van der Waals surface area contributed by atoms with Gasteiger partial charge in [0.2, 0.25) is 0 Å². The third-order valence-corrected chi connectivity index (χ3v) is 4.32. The second-order valence-corrected chi connectivity index (χ2v) is 5.82. The number of benzene rings is 2. The zero-order valence-electron chi connectivity index (χ0n) is 13.1. The summed E-state index contributed by atoms with van der Waals surface area (Å²) in [7, 11) is 4.04. The van der Waals surface area contributed by atoms with Crippen molar-refractivity contribution < 1.29 is 5.21 Å². The van der Waals surface area contributed by atoms with Gasteiger partial charge in [-0.15, -0.1) is 0 Å². The van der Waals surface area contributed by atoms with Crippen molar-refractivity contribution in [2.45, 2.75) is 12.8 Å². The normalized spacial score (nSPS) is 16.2. The molecule has 2 aromatic rings. The predicted octanol–water partition coefficient (Wildman–Crippen LogP) is 4.03. The molecule has 0 saturated heterocycles. The number of hydrogen-bond donors (Lipinski definition) is 1. The summed E-state index contributed by atoms with van der Waals surface area (Å²) in [5, 5.41) is 12.4. The standard InChI is InChI=1S/C19H20N2O/c1-13-18(12-20-22)17(10-11-19(13)21(2)3)16-9-8-14-6-4-5-7-15(14)16/h4-12,16,22H,1-3H3/b20-12+. The van der Waals surface area contributed by atoms with Crippen molar-refractivity contribution >= 4 is 18.0 Å². The molecule has 0 aromatic heterocycles. The van der Waals surface area contributed by atoms with E-state index in [-0.39, 0.29) is 5.92 Å². The smallest absolute Gasteiger partial charge is 0.0740 e. The Hall–Kier alpha value is -2.55. The van der Waals surface area contributed by atoms with Crippen LogP contribution in [-0.2, 0) is 0 Å². The number of rotatable bonds is 3. The van der Waals surface area contributed by atoms with Crippen LogP contribution in [-0.4, -0.2) is 25.5 Å². The second-order valence-electron chi connectivity index (χ2n) is 5.82. The first-order chi connectivity index (χ1) is 10.6. The van der Waals surface area contributed by atoms with E-state index >= 15 is 0 Å². The highest BCUT2D eigenvalue weighted by atomic mass is 16.4. The number of fused-ring (bicyclic) bond motifs is 1. The van der Waals surface area contributed by atoms with Gasteiger partial charge < -0.3 is 10.1 Å². The Morgan fingerprint density at radius 2 is 1.86 bits per heavy atom. The number of anilines is 1. The molecule has 0 fully saturated rings. The fraction of sp³-hybridized carbons (Fsp3) is 0.211. The van der Waals surface area contributed by atoms with Gasteiger partial charge in [0.05, 0.1) is 6.21 Å². The van der Waals surface area contributed by atoms with E-state index in [4.69, 9.17) is 5.21 Å². The summed E-state index contributed by atoms with van der Waals surface area (Å²) >= 11 is 0. The molecule has 3 nitrogen and oxygen atoms in total. The molecule has 1 aliphatic rings. The number of hydrogen-bond acceptors (Lipinski definition) is 3. The second kappa shape index (κ2) is 5.68. The fourth-order valence-electron chi connectivity index (χ4n) is 3.24. The highest BCUT2D eigenvalue weighted by Gasteiger charge is 2.22. The van der Waals surface area contributed by atoms with E-state index in [0.29, 0.717) is 0 Å². The van der Waals surface area contributed by atoms with E-state index in [9.17, 15) is 0 Å². The predicted molar refractivity (Wildman–Crippen MR) is 92.2 cm³/mol. The van der Waals surface area contributed by atoms with Gasteiger partial charge in [-0.05, 0) is 35.2 Å². The molecule has 22 heavy (non-hydrogen) atoms. The van der Waals surface area contributed by atoms with Crippen LogP contribution in [0.1, 0.15) is 33.7 Å². The van der Waals surface area contributed by atoms with Crippen LogP contribution < -0.4 is 4.90 Å². The zero-order valence-corrected chi connectivity index (χ0v) is 13.1. The van der Waals surface area contributed by atoms with Gasteiger partial charge in [0.1, 0.15) is 0 Å². The molecule has 3 heteroatoms. The molecule has 0 radical (unpaired) electrons. The van der Waals surface area contributed by atoms with Crippen LogP contribution >= 0.6 is 0 Å². The van der Waals surface area contributed by atoms with Crippen molar-refractivity contribution in [1.29, 1.82) is 0 Å². The van der Waals surface area contributed by atoms with Crippen molar-refractivity contribution in [2.75, 3.05) is 19.0 Å². The van der Waals surface area contributed by atoms with E-state index in [2.05, 4.69) is 65.5 Å². The maximum absolute atomic E-state index is 9.07. The minimum atomic E-state index is 0.208. The van der Waals surface area contributed by atoms with Crippen LogP contribution in [0.25, 0.3) is 6.08 Å². The Labute approximate surface area is 131 Å². The molecule has 0 aliphatic heterocycles. The molecule has 2 aromatic carbocycles. The van der Waals surface area contributed by atoms with E-state index in [0.717, 1.165) is 16.8 Å². The lowest BCUT2D eigenvalue weighted by Gasteiger charge is -2.22. The summed E-state index contributed by atoms with van der Waals surface area (Å²) in [6, 6.07) is 12.7. The first-order valence-corrected chi connectivity index (χ1v) is 7.39. The van der Waals surface area contributed by atoms with Gasteiger partial charge in [-0.3, -0.25) is 0 Å². The quantitative estimate of drug-likeness (QED) is 0.527. The van der Waals surface area contributed by atoms with Crippen LogP contribution in [0.5, 0.6) is 0 Å². The van der Waals surface area contributed by atoms with Crippen LogP contribution in [0.15, 0.2) is 47.6 Å². The molecule has 1 N–H and O–H groups in total. The molecule has 0 bridgehead atoms. The lowest BCUT2D eigenvalue weighted by molar-refractivity contribution is 0.322. The van der Waals surface area contributed by atoms with Crippen molar-refractivity contribution in [3.8, 4) is 0 Å². The van der Waals surface area contributed by atoms with Gasteiger partial charge in [-0.1, -0.05) is 47.6 Å². The van der Waals surface area contributed by atoms with E-state index in [1.54, 1.807) is 6.21 Å². The van der Waals surface area contributed by atoms with E-state index in [1.807, 2.05) is 14.1 Å². The molecule has 3 rings (SSSR count). The maximum Gasteiger partial charge on any atom is 0.0740 e. The molecule has 0 saturated carbocycles. The summed E-state index contributed by atoms with van der Waals surface area (Å²) in [6.07, 6.45) is 5.92. The van der Waals surface area contributed by atoms with E-state index < -0.39 is 0 Å². The van der Waals surface area contributed by atoms with Crippen LogP contribution in [0.2, 0.25) is 0 Å². The average Bonchev–Trinajstić information content (AvgIpc) is 2.93. The van der Waals surface area contributed by atoms with E-state index in [1.165, 1.54) is 16.7 Å². The lowest BCUT2D eigenvalue weighted by Crippen LogP contribution is -2.13. The first kappa shape index (κ1) is 14.4. The number of allylic oxidation sites excluding steroid dienone is 1. The number of nitrogens with zero attached hydrogens (tertiary/aromatic N) is 2. The Kier molecular flexibility index (Phi) is 3.72. The van der Waals surface area contributed by atoms with Gasteiger partial charge in [-0.25, -0.2) is 0 Å². The molecule has 1 unspecified atom stereocenters. The van der Waals surface area contributed by atoms with Gasteiger partial charge in [0.15, 0.2) is 0 Å². The summed E-state index contributed by atoms with van der Waals surface area (Å²) in [4.78, 5) is 2.08. The van der Waals surface area contributed by atoms with Crippen LogP contribution in [0.3, 0.4) is 0 Å². The first-order valence-electron chi connectivity index (χ1n) is 7.39. The Bertz CT molecular complexity index is 760. The van der Waals surface area contributed by atoms with Gasteiger partial charge in [0, 0.05) is 31.3 Å². The van der Waals surface area contributed by atoms with Crippen molar-refractivity contribution in [2.24, 2.45) is 5.16 Å². The lowest BCUT2D eigenvalue weighted by atomic mass is 9.87. The van der Waals surface area contributed by atoms with Gasteiger partial charge in [0.25, 0.3) is 0 Å². The van der Waals surface area contributed by atoms with Crippen LogP contribution in [0, 0.1) is 6.92 Å². The van der Waals surface area contributed by atoms with Crippen molar-refractivity contribution in [3.63, 3.8) is 0 Å². The Morgan fingerprint density at radius 3 is 2.59 bits per heavy atom. The molecular weight excluding hydrogens is 272 g/mol. The molecular formula is C19H20N2O. The minimum absolute atomic E-state index is 0.208. The zero-order chi connectivity index (χ0) is 15.7. The monoisotopic (exact) mass is 292 g/mol. The fourth-order valence-corrected chi connectivity index (χ4v) is 3.24. The summed E-state index contributed by atoms with van der Waals surface area (Å²) < 4.78 is 0. The molecule has 0 spiro atoms. The topological polar surface area (TPSA) is 35.8 Å². The number of oxime groups is 1. The minimum Gasteiger partial charge on any atom is -0.411 e. The van der Waals surface area contributed by atoms with Crippen molar-refractivity contribution in [3.05, 3.63) is 70.3 Å².